The Bertz CT molecular complexity index is 1430. The molecule has 0 unspecified atom stereocenters. The molecule has 1 aromatic heterocycles. The molecule has 0 saturated carbocycles. The topological polar surface area (TPSA) is 106 Å². The fourth-order valence-corrected chi connectivity index (χ4v) is 4.74. The molecular formula is C26H24N2O6S. The first-order chi connectivity index (χ1) is 16.7. The molecule has 0 saturated heterocycles. The number of carbonyl (C=O) groups excluding carboxylic acids is 2. The lowest BCUT2D eigenvalue weighted by molar-refractivity contribution is -0.136. The van der Waals surface area contributed by atoms with Gasteiger partial charge in [-0.1, -0.05) is 35.9 Å². The van der Waals surface area contributed by atoms with Crippen molar-refractivity contribution in [3.8, 4) is 0 Å². The number of nitrogens with zero attached hydrogens (tertiary/aromatic N) is 1. The van der Waals surface area contributed by atoms with Crippen LogP contribution in [0.3, 0.4) is 0 Å². The first kappa shape index (κ1) is 24.2. The third-order valence-corrected chi connectivity index (χ3v) is 6.96. The number of nitrogens with one attached hydrogen (secondary N) is 1. The van der Waals surface area contributed by atoms with Gasteiger partial charge < -0.3 is 9.15 Å². The first-order valence-corrected chi connectivity index (χ1v) is 12.3. The molecule has 2 heterocycles. The maximum atomic E-state index is 13.3. The van der Waals surface area contributed by atoms with E-state index in [4.69, 9.17) is 9.15 Å². The minimum Gasteiger partial charge on any atom is -0.465 e. The van der Waals surface area contributed by atoms with Gasteiger partial charge in [0.15, 0.2) is 0 Å². The summed E-state index contributed by atoms with van der Waals surface area (Å²) in [5.41, 5.74) is 2.27. The second-order valence-electron chi connectivity index (χ2n) is 7.93. The standard InChI is InChI=1S/C26H24N2O6S/c1-17-9-13-22(14-10-17)35(31,32)27-16-21-12-11-20(34-21)15-23-24(26(30)33-3)18(2)28(25(23)29)19-7-5-4-6-8-19/h4-15,27H,16H2,1-3H3/b23-15-. The molecule has 1 amide bonds. The maximum absolute atomic E-state index is 13.3. The number of allylic oxidation sites excluding steroid dienone is 1. The van der Waals surface area contributed by atoms with E-state index in [-0.39, 0.29) is 22.6 Å². The van der Waals surface area contributed by atoms with Crippen LogP contribution in [0.4, 0.5) is 5.69 Å². The summed E-state index contributed by atoms with van der Waals surface area (Å²) in [7, 11) is -2.47. The van der Waals surface area contributed by atoms with Crippen LogP contribution in [0.25, 0.3) is 6.08 Å². The number of esters is 1. The molecule has 1 N–H and O–H groups in total. The van der Waals surface area contributed by atoms with Gasteiger partial charge in [0.2, 0.25) is 10.0 Å². The molecule has 8 nitrogen and oxygen atoms in total. The van der Waals surface area contributed by atoms with Crippen molar-refractivity contribution < 1.29 is 27.2 Å². The Morgan fingerprint density at radius 3 is 2.37 bits per heavy atom. The summed E-state index contributed by atoms with van der Waals surface area (Å²) in [6.45, 7) is 3.47. The van der Waals surface area contributed by atoms with Gasteiger partial charge in [-0.05, 0) is 56.3 Å². The largest absolute Gasteiger partial charge is 0.465 e. The second-order valence-corrected chi connectivity index (χ2v) is 9.69. The molecule has 4 rings (SSSR count). The van der Waals surface area contributed by atoms with Crippen LogP contribution < -0.4 is 9.62 Å². The predicted octanol–water partition coefficient (Wildman–Crippen LogP) is 3.94. The lowest BCUT2D eigenvalue weighted by Gasteiger charge is -2.17. The Morgan fingerprint density at radius 2 is 1.71 bits per heavy atom. The number of amides is 1. The summed E-state index contributed by atoms with van der Waals surface area (Å²) in [6, 6.07) is 18.7. The molecule has 0 bridgehead atoms. The van der Waals surface area contributed by atoms with E-state index in [2.05, 4.69) is 4.72 Å². The molecule has 35 heavy (non-hydrogen) atoms. The monoisotopic (exact) mass is 492 g/mol. The highest BCUT2D eigenvalue weighted by atomic mass is 32.2. The number of benzene rings is 2. The van der Waals surface area contributed by atoms with Gasteiger partial charge in [-0.2, -0.15) is 0 Å². The molecule has 2 aromatic carbocycles. The molecule has 1 aliphatic rings. The Hall–Kier alpha value is -3.95. The summed E-state index contributed by atoms with van der Waals surface area (Å²) in [4.78, 5) is 27.4. The van der Waals surface area contributed by atoms with Gasteiger partial charge in [-0.15, -0.1) is 0 Å². The van der Waals surface area contributed by atoms with Crippen molar-refractivity contribution in [1.82, 2.24) is 4.72 Å². The molecule has 0 fully saturated rings. The van der Waals surface area contributed by atoms with Crippen LogP contribution in [0.5, 0.6) is 0 Å². The Labute approximate surface area is 203 Å². The number of ether oxygens (including phenoxy) is 1. The fourth-order valence-electron chi connectivity index (χ4n) is 3.74. The van der Waals surface area contributed by atoms with Crippen molar-refractivity contribution in [2.45, 2.75) is 25.3 Å². The van der Waals surface area contributed by atoms with Gasteiger partial charge in [0.1, 0.15) is 11.5 Å². The quantitative estimate of drug-likeness (QED) is 0.396. The third kappa shape index (κ3) is 4.96. The molecule has 3 aromatic rings. The average molecular weight is 493 g/mol. The maximum Gasteiger partial charge on any atom is 0.340 e. The van der Waals surface area contributed by atoms with E-state index in [0.717, 1.165) is 5.56 Å². The molecule has 0 spiro atoms. The number of hydrogen-bond donors (Lipinski definition) is 1. The summed E-state index contributed by atoms with van der Waals surface area (Å²) in [5.74, 6) is -0.398. The zero-order valence-corrected chi connectivity index (χ0v) is 20.3. The number of methoxy groups -OCH3 is 1. The predicted molar refractivity (Wildman–Crippen MR) is 131 cm³/mol. The Kier molecular flexibility index (Phi) is 6.72. The van der Waals surface area contributed by atoms with Crippen LogP contribution >= 0.6 is 0 Å². The van der Waals surface area contributed by atoms with Crippen LogP contribution in [-0.4, -0.2) is 27.4 Å². The van der Waals surface area contributed by atoms with Crippen molar-refractivity contribution in [2.24, 2.45) is 0 Å². The van der Waals surface area contributed by atoms with E-state index in [9.17, 15) is 18.0 Å². The van der Waals surface area contributed by atoms with Crippen molar-refractivity contribution >= 4 is 33.7 Å². The van der Waals surface area contributed by atoms with Crippen LogP contribution in [0, 0.1) is 6.92 Å². The van der Waals surface area contributed by atoms with Gasteiger partial charge >= 0.3 is 5.97 Å². The first-order valence-electron chi connectivity index (χ1n) is 10.8. The number of furan rings is 1. The normalized spacial score (nSPS) is 15.2. The highest BCUT2D eigenvalue weighted by Crippen LogP contribution is 2.35. The minimum absolute atomic E-state index is 0.0812. The van der Waals surface area contributed by atoms with E-state index in [1.165, 1.54) is 30.2 Å². The van der Waals surface area contributed by atoms with E-state index in [0.29, 0.717) is 22.9 Å². The number of aryl methyl sites for hydroxylation is 1. The Morgan fingerprint density at radius 1 is 1.03 bits per heavy atom. The van der Waals surface area contributed by atoms with E-state index in [1.54, 1.807) is 55.5 Å². The molecule has 0 aliphatic carbocycles. The summed E-state index contributed by atoms with van der Waals surface area (Å²) >= 11 is 0. The van der Waals surface area contributed by atoms with Gasteiger partial charge in [-0.25, -0.2) is 17.9 Å². The number of para-hydroxylation sites is 1. The van der Waals surface area contributed by atoms with Crippen LogP contribution in [0.2, 0.25) is 0 Å². The summed E-state index contributed by atoms with van der Waals surface area (Å²) in [6.07, 6.45) is 1.46. The lowest BCUT2D eigenvalue weighted by atomic mass is 10.1. The number of hydrogen-bond acceptors (Lipinski definition) is 6. The fraction of sp³-hybridized carbons (Fsp3) is 0.154. The molecule has 9 heteroatoms. The van der Waals surface area contributed by atoms with Crippen LogP contribution in [0.15, 0.2) is 92.9 Å². The van der Waals surface area contributed by atoms with Gasteiger partial charge in [0, 0.05) is 11.4 Å². The molecular weight excluding hydrogens is 468 g/mol. The van der Waals surface area contributed by atoms with Crippen LogP contribution in [0.1, 0.15) is 24.0 Å². The molecule has 0 atom stereocenters. The molecule has 180 valence electrons. The van der Waals surface area contributed by atoms with Crippen molar-refractivity contribution in [3.05, 3.63) is 101 Å². The van der Waals surface area contributed by atoms with Gasteiger partial charge in [0.25, 0.3) is 5.91 Å². The van der Waals surface area contributed by atoms with Gasteiger partial charge in [-0.3, -0.25) is 9.69 Å². The number of rotatable bonds is 7. The Balaban J connectivity index is 1.58. The lowest BCUT2D eigenvalue weighted by Crippen LogP contribution is -2.24. The van der Waals surface area contributed by atoms with Gasteiger partial charge in [0.05, 0.1) is 29.7 Å². The average Bonchev–Trinajstić information content (AvgIpc) is 3.40. The van der Waals surface area contributed by atoms with E-state index >= 15 is 0 Å². The zero-order chi connectivity index (χ0) is 25.2. The minimum atomic E-state index is -3.72. The van der Waals surface area contributed by atoms with Crippen LogP contribution in [-0.2, 0) is 30.9 Å². The smallest absolute Gasteiger partial charge is 0.340 e. The number of sulfonamides is 1. The second kappa shape index (κ2) is 9.73. The van der Waals surface area contributed by atoms with Crippen molar-refractivity contribution in [2.75, 3.05) is 12.0 Å². The highest BCUT2D eigenvalue weighted by Gasteiger charge is 2.38. The SMILES string of the molecule is COC(=O)C1=C(C)N(c2ccccc2)C(=O)/C1=C\c1ccc(CNS(=O)(=O)c2ccc(C)cc2)o1. The molecule has 1 aliphatic heterocycles. The number of anilines is 1. The molecule has 0 radical (unpaired) electrons. The summed E-state index contributed by atoms with van der Waals surface area (Å²) in [5, 5.41) is 0. The van der Waals surface area contributed by atoms with E-state index in [1.807, 2.05) is 13.0 Å². The van der Waals surface area contributed by atoms with Crippen molar-refractivity contribution in [3.63, 3.8) is 0 Å². The number of carbonyl (C=O) groups is 2. The third-order valence-electron chi connectivity index (χ3n) is 5.54. The van der Waals surface area contributed by atoms with Crippen molar-refractivity contribution in [1.29, 1.82) is 0 Å². The van der Waals surface area contributed by atoms with E-state index < -0.39 is 21.9 Å². The highest BCUT2D eigenvalue weighted by molar-refractivity contribution is 7.89. The summed E-state index contributed by atoms with van der Waals surface area (Å²) < 4.78 is 38.2. The zero-order valence-electron chi connectivity index (χ0n) is 19.4.